The third kappa shape index (κ3) is 4.00. The van der Waals surface area contributed by atoms with Crippen LogP contribution >= 0.6 is 0 Å². The molecule has 0 spiro atoms. The van der Waals surface area contributed by atoms with Gasteiger partial charge in [-0.05, 0) is 42.7 Å². The van der Waals surface area contributed by atoms with E-state index in [0.717, 1.165) is 36.4 Å². The molecule has 1 atom stereocenters. The largest absolute Gasteiger partial charge is 0.416 e. The first-order valence-corrected chi connectivity index (χ1v) is 9.19. The Hall–Kier alpha value is -2.90. The van der Waals surface area contributed by atoms with Gasteiger partial charge in [-0.3, -0.25) is 4.98 Å². The predicted molar refractivity (Wildman–Crippen MR) is 99.0 cm³/mol. The quantitative estimate of drug-likeness (QED) is 0.676. The molecule has 4 heterocycles. The lowest BCUT2D eigenvalue weighted by atomic mass is 9.97. The van der Waals surface area contributed by atoms with Crippen LogP contribution in [-0.4, -0.2) is 32.6 Å². The summed E-state index contributed by atoms with van der Waals surface area (Å²) < 4.78 is 41.2. The molecule has 0 N–H and O–H groups in total. The molecule has 0 saturated carbocycles. The van der Waals surface area contributed by atoms with Crippen LogP contribution in [0.15, 0.2) is 55.2 Å². The summed E-state index contributed by atoms with van der Waals surface area (Å²) in [5.41, 5.74) is 0.459. The molecule has 0 aliphatic carbocycles. The predicted octanol–water partition coefficient (Wildman–Crippen LogP) is 4.12. The van der Waals surface area contributed by atoms with Crippen molar-refractivity contribution in [3.8, 4) is 0 Å². The van der Waals surface area contributed by atoms with Gasteiger partial charge >= 0.3 is 6.18 Å². The SMILES string of the molecule is FC(F)(F)c1ccnc(N2CCC[C@H](c3nccn3Cc3ccncc3)C2)c1. The van der Waals surface area contributed by atoms with Crippen molar-refractivity contribution < 1.29 is 13.2 Å². The zero-order chi connectivity index (χ0) is 19.6. The van der Waals surface area contributed by atoms with Crippen molar-refractivity contribution in [3.05, 3.63) is 72.2 Å². The van der Waals surface area contributed by atoms with Crippen molar-refractivity contribution >= 4 is 5.82 Å². The molecular weight excluding hydrogens is 367 g/mol. The number of hydrogen-bond donors (Lipinski definition) is 0. The van der Waals surface area contributed by atoms with Gasteiger partial charge in [-0.15, -0.1) is 0 Å². The first-order valence-electron chi connectivity index (χ1n) is 9.19. The Morgan fingerprint density at radius 1 is 1.04 bits per heavy atom. The number of alkyl halides is 3. The summed E-state index contributed by atoms with van der Waals surface area (Å²) in [6.45, 7) is 1.98. The average Bonchev–Trinajstić information content (AvgIpc) is 3.16. The van der Waals surface area contributed by atoms with E-state index in [9.17, 15) is 13.2 Å². The minimum atomic E-state index is -4.37. The number of hydrogen-bond acceptors (Lipinski definition) is 4. The Balaban J connectivity index is 1.53. The van der Waals surface area contributed by atoms with Gasteiger partial charge in [-0.25, -0.2) is 9.97 Å². The van der Waals surface area contributed by atoms with Crippen LogP contribution in [0.1, 0.15) is 35.7 Å². The minimum Gasteiger partial charge on any atom is -0.356 e. The number of aromatic nitrogens is 4. The Morgan fingerprint density at radius 3 is 2.64 bits per heavy atom. The second-order valence-electron chi connectivity index (χ2n) is 6.95. The molecule has 3 aromatic heterocycles. The monoisotopic (exact) mass is 387 g/mol. The number of anilines is 1. The number of piperidine rings is 1. The molecule has 0 amide bonds. The van der Waals surface area contributed by atoms with E-state index in [0.29, 0.717) is 25.5 Å². The Morgan fingerprint density at radius 2 is 1.86 bits per heavy atom. The summed E-state index contributed by atoms with van der Waals surface area (Å²) in [5, 5.41) is 0. The van der Waals surface area contributed by atoms with Crippen LogP contribution in [0.4, 0.5) is 19.0 Å². The van der Waals surface area contributed by atoms with Gasteiger partial charge in [0, 0.05) is 56.5 Å². The smallest absolute Gasteiger partial charge is 0.356 e. The van der Waals surface area contributed by atoms with Crippen molar-refractivity contribution in [1.29, 1.82) is 0 Å². The van der Waals surface area contributed by atoms with Gasteiger partial charge in [0.25, 0.3) is 0 Å². The number of halogens is 3. The molecule has 8 heteroatoms. The zero-order valence-electron chi connectivity index (χ0n) is 15.2. The lowest BCUT2D eigenvalue weighted by Crippen LogP contribution is -2.36. The maximum Gasteiger partial charge on any atom is 0.416 e. The second kappa shape index (κ2) is 7.61. The van der Waals surface area contributed by atoms with Crippen LogP contribution in [0.2, 0.25) is 0 Å². The topological polar surface area (TPSA) is 46.8 Å². The molecule has 28 heavy (non-hydrogen) atoms. The van der Waals surface area contributed by atoms with E-state index in [2.05, 4.69) is 19.5 Å². The highest BCUT2D eigenvalue weighted by Crippen LogP contribution is 2.33. The van der Waals surface area contributed by atoms with Crippen LogP contribution in [0, 0.1) is 0 Å². The Kier molecular flexibility index (Phi) is 5.02. The summed E-state index contributed by atoms with van der Waals surface area (Å²) in [6, 6.07) is 6.06. The first kappa shape index (κ1) is 18.5. The third-order valence-corrected chi connectivity index (χ3v) is 5.03. The lowest BCUT2D eigenvalue weighted by molar-refractivity contribution is -0.137. The summed E-state index contributed by atoms with van der Waals surface area (Å²) in [4.78, 5) is 14.7. The van der Waals surface area contributed by atoms with Gasteiger partial charge in [-0.2, -0.15) is 13.2 Å². The average molecular weight is 387 g/mol. The molecule has 3 aromatic rings. The second-order valence-corrected chi connectivity index (χ2v) is 6.95. The van der Waals surface area contributed by atoms with Gasteiger partial charge < -0.3 is 9.47 Å². The molecule has 1 saturated heterocycles. The fraction of sp³-hybridized carbons (Fsp3) is 0.350. The van der Waals surface area contributed by atoms with Crippen molar-refractivity contribution in [2.75, 3.05) is 18.0 Å². The number of pyridine rings is 2. The van der Waals surface area contributed by atoms with Crippen LogP contribution in [0.25, 0.3) is 0 Å². The van der Waals surface area contributed by atoms with Crippen LogP contribution in [0.3, 0.4) is 0 Å². The van der Waals surface area contributed by atoms with Gasteiger partial charge in [0.15, 0.2) is 0 Å². The van der Waals surface area contributed by atoms with E-state index in [1.54, 1.807) is 18.6 Å². The molecule has 5 nitrogen and oxygen atoms in total. The number of rotatable bonds is 4. The van der Waals surface area contributed by atoms with E-state index >= 15 is 0 Å². The Labute approximate surface area is 160 Å². The first-order chi connectivity index (χ1) is 13.5. The fourth-order valence-corrected chi connectivity index (χ4v) is 3.66. The molecule has 0 unspecified atom stereocenters. The van der Waals surface area contributed by atoms with Crippen molar-refractivity contribution in [2.24, 2.45) is 0 Å². The summed E-state index contributed by atoms with van der Waals surface area (Å²) in [6.07, 6.45) is 5.92. The molecule has 0 radical (unpaired) electrons. The molecule has 146 valence electrons. The van der Waals surface area contributed by atoms with Crippen molar-refractivity contribution in [2.45, 2.75) is 31.5 Å². The minimum absolute atomic E-state index is 0.141. The van der Waals surface area contributed by atoms with Crippen molar-refractivity contribution in [3.63, 3.8) is 0 Å². The maximum atomic E-state index is 13.0. The molecule has 0 aromatic carbocycles. The summed E-state index contributed by atoms with van der Waals surface area (Å²) in [7, 11) is 0. The maximum absolute atomic E-state index is 13.0. The van der Waals surface area contributed by atoms with Gasteiger partial charge in [-0.1, -0.05) is 0 Å². The normalized spacial score (nSPS) is 17.7. The van der Waals surface area contributed by atoms with Crippen LogP contribution < -0.4 is 4.90 Å². The molecule has 1 aliphatic rings. The van der Waals surface area contributed by atoms with Crippen LogP contribution in [0.5, 0.6) is 0 Å². The summed E-state index contributed by atoms with van der Waals surface area (Å²) in [5.74, 6) is 1.46. The van der Waals surface area contributed by atoms with Gasteiger partial charge in [0.2, 0.25) is 0 Å². The third-order valence-electron chi connectivity index (χ3n) is 5.03. The highest BCUT2D eigenvalue weighted by molar-refractivity contribution is 5.43. The fourth-order valence-electron chi connectivity index (χ4n) is 3.66. The lowest BCUT2D eigenvalue weighted by Gasteiger charge is -2.33. The molecule has 4 rings (SSSR count). The highest BCUT2D eigenvalue weighted by atomic mass is 19.4. The summed E-state index contributed by atoms with van der Waals surface area (Å²) >= 11 is 0. The molecule has 1 fully saturated rings. The van der Waals surface area contributed by atoms with E-state index in [4.69, 9.17) is 0 Å². The molecular formula is C20H20F3N5. The van der Waals surface area contributed by atoms with Crippen molar-refractivity contribution in [1.82, 2.24) is 19.5 Å². The molecule has 1 aliphatic heterocycles. The van der Waals surface area contributed by atoms with Gasteiger partial charge in [0.05, 0.1) is 5.56 Å². The van der Waals surface area contributed by atoms with E-state index in [1.807, 2.05) is 23.2 Å². The van der Waals surface area contributed by atoms with Crippen LogP contribution in [-0.2, 0) is 12.7 Å². The van der Waals surface area contributed by atoms with E-state index in [-0.39, 0.29) is 5.92 Å². The van der Waals surface area contributed by atoms with E-state index < -0.39 is 11.7 Å². The highest BCUT2D eigenvalue weighted by Gasteiger charge is 2.32. The Bertz CT molecular complexity index is 923. The van der Waals surface area contributed by atoms with E-state index in [1.165, 1.54) is 6.20 Å². The standard InChI is InChI=1S/C20H20F3N5/c21-20(22,23)17-5-8-25-18(12-17)27-10-1-2-16(14-27)19-26-9-11-28(19)13-15-3-6-24-7-4-15/h3-9,11-12,16H,1-2,10,13-14H2/t16-/m0/s1. The van der Waals surface area contributed by atoms with Gasteiger partial charge in [0.1, 0.15) is 11.6 Å². The number of nitrogens with zero attached hydrogens (tertiary/aromatic N) is 5. The molecule has 0 bridgehead atoms. The number of imidazole rings is 1. The zero-order valence-corrected chi connectivity index (χ0v) is 15.2.